The van der Waals surface area contributed by atoms with Gasteiger partial charge in [-0.15, -0.1) is 0 Å². The molecule has 2 aliphatic rings. The zero-order chi connectivity index (χ0) is 24.2. The minimum absolute atomic E-state index is 0.520. The molecule has 0 radical (unpaired) electrons. The average molecular weight is 463 g/mol. The van der Waals surface area contributed by atoms with Crippen molar-refractivity contribution in [2.75, 3.05) is 40.8 Å². The van der Waals surface area contributed by atoms with Gasteiger partial charge in [-0.1, -0.05) is 37.6 Å². The number of benzene rings is 2. The molecule has 1 aliphatic carbocycles. The first-order valence-electron chi connectivity index (χ1n) is 12.8. The lowest BCUT2D eigenvalue weighted by molar-refractivity contribution is 0.277. The van der Waals surface area contributed by atoms with Crippen LogP contribution >= 0.6 is 0 Å². The van der Waals surface area contributed by atoms with E-state index in [2.05, 4.69) is 81.1 Å². The lowest BCUT2D eigenvalue weighted by Crippen LogP contribution is -2.32. The molecular formula is C30H42N2O2. The summed E-state index contributed by atoms with van der Waals surface area (Å²) in [5.41, 5.74) is 8.27. The summed E-state index contributed by atoms with van der Waals surface area (Å²) < 4.78 is 11.9. The third kappa shape index (κ3) is 5.84. The zero-order valence-corrected chi connectivity index (χ0v) is 22.0. The van der Waals surface area contributed by atoms with Gasteiger partial charge < -0.3 is 14.4 Å². The Hall–Kier alpha value is -2.30. The van der Waals surface area contributed by atoms with Crippen LogP contribution < -0.4 is 9.47 Å². The number of hydrogen-bond acceptors (Lipinski definition) is 4. The standard InChI is InChI=1S/C30H42N2O2/c1-21(2)15-23-7-8-26(30(16-23)33-6)20-34-28-11-12-29-22(3)25(10-9-24(29)17-28)18-32-14-13-27(19-32)31(4)5/h7-8,11-12,16-17,21,27H,9-10,13-15,18-20H2,1-6H3. The van der Waals surface area contributed by atoms with E-state index in [-0.39, 0.29) is 0 Å². The van der Waals surface area contributed by atoms with E-state index in [1.54, 1.807) is 12.7 Å². The summed E-state index contributed by atoms with van der Waals surface area (Å²) in [5, 5.41) is 0. The molecule has 1 fully saturated rings. The van der Waals surface area contributed by atoms with Gasteiger partial charge >= 0.3 is 0 Å². The van der Waals surface area contributed by atoms with Crippen molar-refractivity contribution in [2.45, 2.75) is 59.1 Å². The summed E-state index contributed by atoms with van der Waals surface area (Å²) in [7, 11) is 6.15. The first-order chi connectivity index (χ1) is 16.3. The van der Waals surface area contributed by atoms with Crippen molar-refractivity contribution in [3.05, 3.63) is 64.2 Å². The molecule has 0 amide bonds. The summed E-state index contributed by atoms with van der Waals surface area (Å²) >= 11 is 0. The summed E-state index contributed by atoms with van der Waals surface area (Å²) in [4.78, 5) is 5.00. The zero-order valence-electron chi connectivity index (χ0n) is 22.0. The van der Waals surface area contributed by atoms with Crippen molar-refractivity contribution in [2.24, 2.45) is 5.92 Å². The number of allylic oxidation sites excluding steroid dienone is 1. The van der Waals surface area contributed by atoms with E-state index < -0.39 is 0 Å². The molecule has 1 atom stereocenters. The van der Waals surface area contributed by atoms with Gasteiger partial charge in [-0.2, -0.15) is 0 Å². The molecule has 4 heteroatoms. The van der Waals surface area contributed by atoms with Crippen LogP contribution in [-0.4, -0.2) is 56.7 Å². The molecule has 2 aromatic rings. The SMILES string of the molecule is COc1cc(CC(C)C)ccc1COc1ccc2c(c1)CCC(CN1CCC(N(C)C)C1)=C2C. The molecule has 0 aromatic heterocycles. The largest absolute Gasteiger partial charge is 0.496 e. The lowest BCUT2D eigenvalue weighted by atomic mass is 9.86. The van der Waals surface area contributed by atoms with E-state index in [1.165, 1.54) is 41.8 Å². The van der Waals surface area contributed by atoms with Gasteiger partial charge in [-0.25, -0.2) is 0 Å². The molecule has 1 aliphatic heterocycles. The summed E-state index contributed by atoms with van der Waals surface area (Å²) in [6.07, 6.45) is 4.58. The monoisotopic (exact) mass is 462 g/mol. The van der Waals surface area contributed by atoms with E-state index in [0.717, 1.165) is 42.9 Å². The Labute approximate surface area is 206 Å². The number of likely N-dealkylation sites (N-methyl/N-ethyl adjacent to an activating group) is 1. The topological polar surface area (TPSA) is 24.9 Å². The van der Waals surface area contributed by atoms with Crippen molar-refractivity contribution in [3.63, 3.8) is 0 Å². The molecule has 2 aromatic carbocycles. The molecule has 0 bridgehead atoms. The quantitative estimate of drug-likeness (QED) is 0.468. The van der Waals surface area contributed by atoms with Crippen LogP contribution in [0.5, 0.6) is 11.5 Å². The van der Waals surface area contributed by atoms with Crippen LogP contribution in [0.4, 0.5) is 0 Å². The van der Waals surface area contributed by atoms with E-state index in [0.29, 0.717) is 18.6 Å². The number of likely N-dealkylation sites (tertiary alicyclic amines) is 1. The van der Waals surface area contributed by atoms with Crippen LogP contribution in [0.25, 0.3) is 5.57 Å². The summed E-state index contributed by atoms with van der Waals surface area (Å²) in [6.45, 7) is 10.8. The highest BCUT2D eigenvalue weighted by Gasteiger charge is 2.26. The molecule has 0 spiro atoms. The van der Waals surface area contributed by atoms with Crippen LogP contribution in [0.15, 0.2) is 42.0 Å². The maximum Gasteiger partial charge on any atom is 0.125 e. The van der Waals surface area contributed by atoms with Crippen LogP contribution in [0.1, 0.15) is 55.9 Å². The van der Waals surface area contributed by atoms with Crippen molar-refractivity contribution in [1.82, 2.24) is 9.80 Å². The van der Waals surface area contributed by atoms with Crippen molar-refractivity contribution >= 4 is 5.57 Å². The van der Waals surface area contributed by atoms with Crippen LogP contribution in [0, 0.1) is 5.92 Å². The molecule has 0 saturated carbocycles. The first kappa shape index (κ1) is 24.8. The van der Waals surface area contributed by atoms with Crippen molar-refractivity contribution < 1.29 is 9.47 Å². The van der Waals surface area contributed by atoms with Gasteiger partial charge in [0.15, 0.2) is 0 Å². The van der Waals surface area contributed by atoms with Crippen LogP contribution in [0.2, 0.25) is 0 Å². The fourth-order valence-electron chi connectivity index (χ4n) is 5.41. The molecule has 1 saturated heterocycles. The third-order valence-corrected chi connectivity index (χ3v) is 7.49. The molecule has 184 valence electrons. The van der Waals surface area contributed by atoms with Crippen molar-refractivity contribution in [1.29, 1.82) is 0 Å². The number of fused-ring (bicyclic) bond motifs is 1. The third-order valence-electron chi connectivity index (χ3n) is 7.49. The second-order valence-electron chi connectivity index (χ2n) is 10.7. The number of hydrogen-bond donors (Lipinski definition) is 0. The lowest BCUT2D eigenvalue weighted by Gasteiger charge is -2.26. The average Bonchev–Trinajstić information content (AvgIpc) is 3.28. The van der Waals surface area contributed by atoms with Gasteiger partial charge in [0.05, 0.1) is 7.11 Å². The first-order valence-corrected chi connectivity index (χ1v) is 12.8. The molecule has 0 N–H and O–H groups in total. The highest BCUT2D eigenvalue weighted by molar-refractivity contribution is 5.72. The Morgan fingerprint density at radius 2 is 1.91 bits per heavy atom. The minimum Gasteiger partial charge on any atom is -0.496 e. The number of rotatable bonds is 9. The fourth-order valence-corrected chi connectivity index (χ4v) is 5.41. The Morgan fingerprint density at radius 3 is 2.62 bits per heavy atom. The van der Waals surface area contributed by atoms with Gasteiger partial charge in [0.2, 0.25) is 0 Å². The Bertz CT molecular complexity index is 1020. The van der Waals surface area contributed by atoms with Crippen LogP contribution in [0.3, 0.4) is 0 Å². The van der Waals surface area contributed by atoms with E-state index >= 15 is 0 Å². The number of aryl methyl sites for hydroxylation is 1. The summed E-state index contributed by atoms with van der Waals surface area (Å²) in [6, 6.07) is 13.8. The van der Waals surface area contributed by atoms with Crippen LogP contribution in [-0.2, 0) is 19.4 Å². The molecule has 4 rings (SSSR count). The Morgan fingerprint density at radius 1 is 1.09 bits per heavy atom. The van der Waals surface area contributed by atoms with E-state index in [4.69, 9.17) is 9.47 Å². The van der Waals surface area contributed by atoms with Gasteiger partial charge in [0.25, 0.3) is 0 Å². The summed E-state index contributed by atoms with van der Waals surface area (Å²) in [5.74, 6) is 2.49. The number of nitrogens with zero attached hydrogens (tertiary/aromatic N) is 2. The van der Waals surface area contributed by atoms with E-state index in [1.807, 2.05) is 0 Å². The number of ether oxygens (including phenoxy) is 2. The maximum atomic E-state index is 6.22. The molecular weight excluding hydrogens is 420 g/mol. The fraction of sp³-hybridized carbons (Fsp3) is 0.533. The maximum absolute atomic E-state index is 6.22. The number of methoxy groups -OCH3 is 1. The molecule has 1 unspecified atom stereocenters. The predicted octanol–water partition coefficient (Wildman–Crippen LogP) is 5.83. The Balaban J connectivity index is 1.41. The van der Waals surface area contributed by atoms with E-state index in [9.17, 15) is 0 Å². The second kappa shape index (κ2) is 11.0. The molecule has 34 heavy (non-hydrogen) atoms. The highest BCUT2D eigenvalue weighted by Crippen LogP contribution is 2.34. The van der Waals surface area contributed by atoms with Crippen molar-refractivity contribution in [3.8, 4) is 11.5 Å². The highest BCUT2D eigenvalue weighted by atomic mass is 16.5. The Kier molecular flexibility index (Phi) is 8.00. The predicted molar refractivity (Wildman–Crippen MR) is 142 cm³/mol. The smallest absolute Gasteiger partial charge is 0.125 e. The minimum atomic E-state index is 0.520. The normalized spacial score (nSPS) is 18.6. The van der Waals surface area contributed by atoms with Gasteiger partial charge in [-0.3, -0.25) is 4.90 Å². The van der Waals surface area contributed by atoms with Gasteiger partial charge in [0, 0.05) is 31.2 Å². The van der Waals surface area contributed by atoms with Gasteiger partial charge in [0.1, 0.15) is 18.1 Å². The second-order valence-corrected chi connectivity index (χ2v) is 10.7. The van der Waals surface area contributed by atoms with Gasteiger partial charge in [-0.05, 0) is 93.1 Å². The molecule has 1 heterocycles. The molecule has 4 nitrogen and oxygen atoms in total.